The predicted octanol–water partition coefficient (Wildman–Crippen LogP) is 2.31. The van der Waals surface area contributed by atoms with Crippen LogP contribution in [0.1, 0.15) is 22.0 Å². The second-order valence-electron chi connectivity index (χ2n) is 9.17. The molecule has 3 atom stereocenters. The summed E-state index contributed by atoms with van der Waals surface area (Å²) >= 11 is 14.5. The van der Waals surface area contributed by atoms with E-state index in [9.17, 15) is 29.4 Å². The molecule has 0 bridgehead atoms. The molecule has 1 unspecified atom stereocenters. The lowest BCUT2D eigenvalue weighted by atomic mass is 9.97. The van der Waals surface area contributed by atoms with E-state index in [1.54, 1.807) is 37.4 Å². The Morgan fingerprint density at radius 1 is 1.24 bits per heavy atom. The van der Waals surface area contributed by atoms with Gasteiger partial charge in [-0.2, -0.15) is 0 Å². The van der Waals surface area contributed by atoms with Crippen molar-refractivity contribution < 1.29 is 29.4 Å². The summed E-state index contributed by atoms with van der Waals surface area (Å²) in [5.74, 6) is -4.42. The number of aromatic nitrogens is 4. The Kier molecular flexibility index (Phi) is 8.48. The highest BCUT2D eigenvalue weighted by Crippen LogP contribution is 2.45. The van der Waals surface area contributed by atoms with Crippen molar-refractivity contribution in [3.05, 3.63) is 74.9 Å². The van der Waals surface area contributed by atoms with E-state index in [1.807, 2.05) is 0 Å². The fraction of sp³-hybridized carbons (Fsp3) is 0.240. The van der Waals surface area contributed by atoms with Gasteiger partial charge >= 0.3 is 5.97 Å². The molecule has 13 nitrogen and oxygen atoms in total. The molecule has 2 aliphatic heterocycles. The quantitative estimate of drug-likeness (QED) is 0.239. The Hall–Kier alpha value is -3.63. The highest BCUT2D eigenvalue weighted by molar-refractivity contribution is 8.01. The summed E-state index contributed by atoms with van der Waals surface area (Å²) in [6.45, 7) is 0. The van der Waals surface area contributed by atoms with Gasteiger partial charge in [0.15, 0.2) is 0 Å². The van der Waals surface area contributed by atoms with E-state index in [2.05, 4.69) is 15.5 Å². The zero-order valence-electron chi connectivity index (χ0n) is 21.5. The maximum Gasteiger partial charge on any atom is 0.352 e. The number of β-lactam (4-membered cyclic amide) rings is 1. The van der Waals surface area contributed by atoms with Gasteiger partial charge in [-0.05, 0) is 33.7 Å². The molecule has 5 rings (SSSR count). The summed E-state index contributed by atoms with van der Waals surface area (Å²) in [5, 5.41) is 31.1. The molecule has 0 spiro atoms. The third-order valence-electron chi connectivity index (χ3n) is 6.60. The molecule has 42 heavy (non-hydrogen) atoms. The molecule has 4 N–H and O–H groups in total. The molecule has 17 heteroatoms. The lowest BCUT2D eigenvalue weighted by molar-refractivity contribution is -0.157. The third kappa shape index (κ3) is 5.33. The number of aromatic hydroxyl groups is 1. The number of aliphatic carboxylic acids is 1. The molecule has 1 aromatic heterocycles. The van der Waals surface area contributed by atoms with Crippen LogP contribution < -0.4 is 5.73 Å². The number of hydrogen-bond donors (Lipinski definition) is 3. The number of carbonyl (C=O) groups is 4. The van der Waals surface area contributed by atoms with Crippen molar-refractivity contribution >= 4 is 70.4 Å². The van der Waals surface area contributed by atoms with E-state index >= 15 is 0 Å². The molecule has 2 aromatic carbocycles. The fourth-order valence-corrected chi connectivity index (χ4v) is 7.42. The molecule has 0 radical (unpaired) electrons. The molecule has 3 heterocycles. The number of carboxylic acids is 1. The van der Waals surface area contributed by atoms with E-state index in [0.29, 0.717) is 21.2 Å². The molecule has 3 aromatic rings. The monoisotopic (exact) mass is 649 g/mol. The first kappa shape index (κ1) is 29.8. The van der Waals surface area contributed by atoms with Crippen LogP contribution in [0.4, 0.5) is 0 Å². The molecule has 2 aliphatic rings. The minimum Gasteiger partial charge on any atom is -0.506 e. The topological polar surface area (TPSA) is 185 Å². The summed E-state index contributed by atoms with van der Waals surface area (Å²) in [6, 6.07) is 7.76. The Labute approximate surface area is 256 Å². The molecule has 1 saturated heterocycles. The number of fused-ring (bicyclic) bond motifs is 1. The zero-order chi connectivity index (χ0) is 30.3. The molecule has 1 fully saturated rings. The van der Waals surface area contributed by atoms with Gasteiger partial charge < -0.3 is 15.9 Å². The van der Waals surface area contributed by atoms with Crippen LogP contribution in [0.3, 0.4) is 0 Å². The lowest BCUT2D eigenvalue weighted by Crippen LogP contribution is -2.72. The minimum absolute atomic E-state index is 0.00543. The van der Waals surface area contributed by atoms with Crippen LogP contribution in [-0.2, 0) is 21.4 Å². The van der Waals surface area contributed by atoms with E-state index in [-0.39, 0.29) is 27.2 Å². The number of rotatable bonds is 8. The largest absolute Gasteiger partial charge is 0.506 e. The number of imide groups is 1. The highest BCUT2D eigenvalue weighted by Gasteiger charge is 2.59. The normalized spacial score (nSPS) is 18.8. The highest BCUT2D eigenvalue weighted by atomic mass is 35.5. The van der Waals surface area contributed by atoms with Gasteiger partial charge in [-0.25, -0.2) is 9.48 Å². The smallest absolute Gasteiger partial charge is 0.352 e. The number of amides is 3. The van der Waals surface area contributed by atoms with Crippen LogP contribution in [0.15, 0.2) is 58.9 Å². The first-order valence-electron chi connectivity index (χ1n) is 12.1. The second kappa shape index (κ2) is 11.9. The zero-order valence-corrected chi connectivity index (χ0v) is 24.7. The van der Waals surface area contributed by atoms with Crippen LogP contribution in [0.25, 0.3) is 0 Å². The Bertz CT molecular complexity index is 1640. The Morgan fingerprint density at radius 2 is 1.95 bits per heavy atom. The van der Waals surface area contributed by atoms with Gasteiger partial charge in [-0.1, -0.05) is 65.3 Å². The van der Waals surface area contributed by atoms with Crippen LogP contribution >= 0.6 is 46.7 Å². The molecular weight excluding hydrogens is 629 g/mol. The average Bonchev–Trinajstić information content (AvgIpc) is 3.39. The maximum atomic E-state index is 13.9. The Balaban J connectivity index is 1.51. The number of carboxylic acid groups (broad SMARTS) is 1. The third-order valence-corrected chi connectivity index (χ3v) is 9.52. The van der Waals surface area contributed by atoms with E-state index < -0.39 is 52.5 Å². The number of nitrogens with zero attached hydrogens (tertiary/aromatic N) is 6. The van der Waals surface area contributed by atoms with Crippen molar-refractivity contribution in [1.82, 2.24) is 30.0 Å². The van der Waals surface area contributed by atoms with Gasteiger partial charge in [-0.15, -0.1) is 16.9 Å². The van der Waals surface area contributed by atoms with E-state index in [4.69, 9.17) is 28.9 Å². The molecule has 0 saturated carbocycles. The number of halogens is 2. The SMILES string of the molecule is Cn1nnnc1SCC1=C(C(=O)O)N2C(=O)C(N(C(=O)c3cc(Cl)cc(Cl)c3O)C(=O)[C@H](N)c3ccccc3)[C@H]2SC1. The molecular formula is C25H21Cl2N7O6S2. The van der Waals surface area contributed by atoms with Crippen LogP contribution in [0.5, 0.6) is 5.75 Å². The summed E-state index contributed by atoms with van der Waals surface area (Å²) in [7, 11) is 1.64. The number of tetrazole rings is 1. The first-order valence-corrected chi connectivity index (χ1v) is 14.9. The predicted molar refractivity (Wildman–Crippen MR) is 154 cm³/mol. The standard InChI is InChI=1S/C25H21Cl2N7O6S2/c1-32-25(29-30-31-32)42-10-12-9-41-23-18(22(38)34(23)17(12)24(39)40)33(21(37)16(28)11-5-3-2-4-6-11)20(36)14-7-13(26)8-15(27)19(14)35/h2-8,16,18,23,35H,9-10,28H2,1H3,(H,39,40)/t16-,18?,23-/m1/s1. The molecule has 0 aliphatic carbocycles. The van der Waals surface area contributed by atoms with Crippen molar-refractivity contribution in [2.24, 2.45) is 12.8 Å². The summed E-state index contributed by atoms with van der Waals surface area (Å²) < 4.78 is 1.43. The number of benzene rings is 2. The minimum atomic E-state index is -1.42. The van der Waals surface area contributed by atoms with Crippen LogP contribution in [0, 0.1) is 0 Å². The number of thioether (sulfide) groups is 2. The summed E-state index contributed by atoms with van der Waals surface area (Å²) in [6.07, 6.45) is 0. The van der Waals surface area contributed by atoms with Gasteiger partial charge in [0.2, 0.25) is 5.16 Å². The summed E-state index contributed by atoms with van der Waals surface area (Å²) in [5.41, 5.74) is 6.41. The van der Waals surface area contributed by atoms with Crippen molar-refractivity contribution in [1.29, 1.82) is 0 Å². The second-order valence-corrected chi connectivity index (χ2v) is 12.1. The van der Waals surface area contributed by atoms with E-state index in [1.165, 1.54) is 34.3 Å². The van der Waals surface area contributed by atoms with Crippen molar-refractivity contribution in [3.8, 4) is 5.75 Å². The lowest BCUT2D eigenvalue weighted by Gasteiger charge is -2.52. The van der Waals surface area contributed by atoms with Crippen molar-refractivity contribution in [2.45, 2.75) is 22.6 Å². The number of nitrogens with two attached hydrogens (primary N) is 1. The Morgan fingerprint density at radius 3 is 2.60 bits per heavy atom. The molecule has 3 amide bonds. The number of phenols is 1. The van der Waals surface area contributed by atoms with Gasteiger partial charge in [-0.3, -0.25) is 24.2 Å². The van der Waals surface area contributed by atoms with Crippen molar-refractivity contribution in [2.75, 3.05) is 11.5 Å². The molecule has 218 valence electrons. The van der Waals surface area contributed by atoms with Gasteiger partial charge in [0.1, 0.15) is 28.9 Å². The first-order chi connectivity index (χ1) is 20.0. The number of phenolic OH excluding ortho intramolecular Hbond substituents is 1. The van der Waals surface area contributed by atoms with Gasteiger partial charge in [0.05, 0.1) is 10.6 Å². The number of aryl methyl sites for hydroxylation is 1. The van der Waals surface area contributed by atoms with Crippen molar-refractivity contribution in [3.63, 3.8) is 0 Å². The number of hydrogen-bond acceptors (Lipinski definition) is 11. The average molecular weight is 651 g/mol. The van der Waals surface area contributed by atoms with Gasteiger partial charge in [0.25, 0.3) is 17.7 Å². The number of carbonyl (C=O) groups excluding carboxylic acids is 3. The summed E-state index contributed by atoms with van der Waals surface area (Å²) in [4.78, 5) is 55.5. The van der Waals surface area contributed by atoms with Crippen LogP contribution in [0.2, 0.25) is 10.0 Å². The maximum absolute atomic E-state index is 13.9. The van der Waals surface area contributed by atoms with Gasteiger partial charge in [0, 0.05) is 23.6 Å². The van der Waals surface area contributed by atoms with E-state index in [0.717, 1.165) is 11.0 Å². The van der Waals surface area contributed by atoms with Crippen LogP contribution in [-0.4, -0.2) is 86.8 Å². The fourth-order valence-electron chi connectivity index (χ4n) is 4.55.